The highest BCUT2D eigenvalue weighted by atomic mass is 19.4. The monoisotopic (exact) mass is 394 g/mol. The van der Waals surface area contributed by atoms with E-state index in [2.05, 4.69) is 20.8 Å². The van der Waals surface area contributed by atoms with Crippen molar-refractivity contribution in [3.05, 3.63) is 77.5 Å². The van der Waals surface area contributed by atoms with E-state index in [1.54, 1.807) is 0 Å². The van der Waals surface area contributed by atoms with E-state index < -0.39 is 29.3 Å². The van der Waals surface area contributed by atoms with E-state index in [0.717, 1.165) is 30.3 Å². The van der Waals surface area contributed by atoms with Crippen molar-refractivity contribution in [2.24, 2.45) is 0 Å². The molecule has 0 aliphatic rings. The molecule has 1 heterocycles. The Morgan fingerprint density at radius 2 is 1.61 bits per heavy atom. The molecule has 0 aliphatic carbocycles. The number of aromatic nitrogens is 2. The van der Waals surface area contributed by atoms with Crippen molar-refractivity contribution in [3.8, 4) is 0 Å². The molecule has 3 rings (SSSR count). The molecule has 0 spiro atoms. The molecule has 0 bridgehead atoms. The highest BCUT2D eigenvalue weighted by Crippen LogP contribution is 2.29. The van der Waals surface area contributed by atoms with Gasteiger partial charge in [-0.3, -0.25) is 4.79 Å². The summed E-state index contributed by atoms with van der Waals surface area (Å²) in [5.74, 6) is -2.14. The van der Waals surface area contributed by atoms with Crippen molar-refractivity contribution in [1.82, 2.24) is 10.2 Å². The number of nitrogens with one attached hydrogen (secondary N) is 2. The van der Waals surface area contributed by atoms with Crippen molar-refractivity contribution in [1.29, 1.82) is 0 Å². The standard InChI is InChI=1S/C18H11F5N4O/c19-11-3-6-14(13(20)9-11)25-16-8-7-15(26-27-16)17(28)24-12-4-1-10(2-5-12)18(21,22)23/h1-9H,(H,24,28)(H,25,27). The second kappa shape index (κ2) is 7.59. The van der Waals surface area contributed by atoms with Crippen molar-refractivity contribution in [2.75, 3.05) is 10.6 Å². The Labute approximate surface area is 155 Å². The van der Waals surface area contributed by atoms with Gasteiger partial charge in [0.2, 0.25) is 0 Å². The first-order valence-electron chi connectivity index (χ1n) is 7.77. The molecule has 2 N–H and O–H groups in total. The van der Waals surface area contributed by atoms with Crippen LogP contribution < -0.4 is 10.6 Å². The van der Waals surface area contributed by atoms with Crippen LogP contribution in [0.25, 0.3) is 0 Å². The van der Waals surface area contributed by atoms with E-state index in [9.17, 15) is 26.7 Å². The minimum Gasteiger partial charge on any atom is -0.336 e. The Balaban J connectivity index is 1.66. The summed E-state index contributed by atoms with van der Waals surface area (Å²) in [6.07, 6.45) is -4.47. The summed E-state index contributed by atoms with van der Waals surface area (Å²) >= 11 is 0. The molecule has 0 saturated carbocycles. The van der Waals surface area contributed by atoms with E-state index >= 15 is 0 Å². The normalized spacial score (nSPS) is 11.2. The van der Waals surface area contributed by atoms with E-state index in [-0.39, 0.29) is 22.9 Å². The minimum absolute atomic E-state index is 0.0299. The first kappa shape index (κ1) is 19.2. The fourth-order valence-electron chi connectivity index (χ4n) is 2.19. The average Bonchev–Trinajstić information content (AvgIpc) is 2.64. The van der Waals surface area contributed by atoms with Gasteiger partial charge in [0, 0.05) is 11.8 Å². The molecule has 1 amide bonds. The molecule has 5 nitrogen and oxygen atoms in total. The lowest BCUT2D eigenvalue weighted by atomic mass is 10.2. The maximum absolute atomic E-state index is 13.6. The minimum atomic E-state index is -4.47. The van der Waals surface area contributed by atoms with Gasteiger partial charge in [-0.05, 0) is 48.5 Å². The van der Waals surface area contributed by atoms with Crippen LogP contribution in [0.5, 0.6) is 0 Å². The van der Waals surface area contributed by atoms with Crippen LogP contribution in [0.15, 0.2) is 54.6 Å². The fraction of sp³-hybridized carbons (Fsp3) is 0.0556. The fourth-order valence-corrected chi connectivity index (χ4v) is 2.19. The summed E-state index contributed by atoms with van der Waals surface area (Å²) < 4.78 is 64.1. The Morgan fingerprint density at radius 3 is 2.18 bits per heavy atom. The van der Waals surface area contributed by atoms with E-state index in [1.807, 2.05) is 0 Å². The van der Waals surface area contributed by atoms with Crippen molar-refractivity contribution in [2.45, 2.75) is 6.18 Å². The molecule has 0 atom stereocenters. The Hall–Kier alpha value is -3.56. The number of rotatable bonds is 4. The number of carbonyl (C=O) groups is 1. The van der Waals surface area contributed by atoms with Gasteiger partial charge < -0.3 is 10.6 Å². The number of hydrogen-bond acceptors (Lipinski definition) is 4. The third kappa shape index (κ3) is 4.58. The zero-order valence-corrected chi connectivity index (χ0v) is 13.9. The van der Waals surface area contributed by atoms with Gasteiger partial charge >= 0.3 is 6.18 Å². The maximum atomic E-state index is 13.6. The topological polar surface area (TPSA) is 66.9 Å². The summed E-state index contributed by atoms with van der Waals surface area (Å²) in [5, 5.41) is 12.4. The lowest BCUT2D eigenvalue weighted by Gasteiger charge is -2.09. The van der Waals surface area contributed by atoms with Gasteiger partial charge in [0.05, 0.1) is 11.3 Å². The lowest BCUT2D eigenvalue weighted by Crippen LogP contribution is -2.15. The van der Waals surface area contributed by atoms with Gasteiger partial charge in [0.25, 0.3) is 5.91 Å². The first-order valence-corrected chi connectivity index (χ1v) is 7.77. The zero-order chi connectivity index (χ0) is 20.3. The summed E-state index contributed by atoms with van der Waals surface area (Å²) in [7, 11) is 0. The summed E-state index contributed by atoms with van der Waals surface area (Å²) in [6.45, 7) is 0. The number of anilines is 3. The number of halogens is 5. The van der Waals surface area contributed by atoms with E-state index in [1.165, 1.54) is 18.2 Å². The summed E-state index contributed by atoms with van der Waals surface area (Å²) in [6, 6.07) is 9.47. The molecule has 0 radical (unpaired) electrons. The highest BCUT2D eigenvalue weighted by Gasteiger charge is 2.30. The first-order chi connectivity index (χ1) is 13.2. The van der Waals surface area contributed by atoms with Crippen LogP contribution >= 0.6 is 0 Å². The number of carbonyl (C=O) groups excluding carboxylic acids is 1. The molecular weight excluding hydrogens is 383 g/mol. The number of benzene rings is 2. The largest absolute Gasteiger partial charge is 0.416 e. The van der Waals surface area contributed by atoms with Crippen LogP contribution in [0, 0.1) is 11.6 Å². The second-order valence-electron chi connectivity index (χ2n) is 5.58. The quantitative estimate of drug-likeness (QED) is 0.626. The van der Waals surface area contributed by atoms with Crippen molar-refractivity contribution in [3.63, 3.8) is 0 Å². The van der Waals surface area contributed by atoms with Gasteiger partial charge in [0.1, 0.15) is 11.6 Å². The highest BCUT2D eigenvalue weighted by molar-refractivity contribution is 6.02. The Kier molecular flexibility index (Phi) is 5.21. The Morgan fingerprint density at radius 1 is 0.893 bits per heavy atom. The molecule has 28 heavy (non-hydrogen) atoms. The molecule has 0 fully saturated rings. The number of alkyl halides is 3. The SMILES string of the molecule is O=C(Nc1ccc(C(F)(F)F)cc1)c1ccc(Nc2ccc(F)cc2F)nn1. The molecule has 0 unspecified atom stereocenters. The van der Waals surface area contributed by atoms with E-state index in [0.29, 0.717) is 6.07 Å². The van der Waals surface area contributed by atoms with Crippen LogP contribution in [0.2, 0.25) is 0 Å². The van der Waals surface area contributed by atoms with Crippen LogP contribution in [0.3, 0.4) is 0 Å². The number of nitrogens with zero attached hydrogens (tertiary/aromatic N) is 2. The Bertz CT molecular complexity index is 988. The molecule has 1 aromatic heterocycles. The van der Waals surface area contributed by atoms with Crippen LogP contribution in [0.1, 0.15) is 16.1 Å². The van der Waals surface area contributed by atoms with Crippen molar-refractivity contribution >= 4 is 23.1 Å². The number of amides is 1. The smallest absolute Gasteiger partial charge is 0.336 e. The van der Waals surface area contributed by atoms with Gasteiger partial charge in [0.15, 0.2) is 11.5 Å². The molecule has 10 heteroatoms. The third-order valence-electron chi connectivity index (χ3n) is 3.56. The van der Waals surface area contributed by atoms with Crippen LogP contribution in [0.4, 0.5) is 39.1 Å². The van der Waals surface area contributed by atoms with Crippen molar-refractivity contribution < 1.29 is 26.7 Å². The molecule has 144 valence electrons. The molecule has 0 aliphatic heterocycles. The summed E-state index contributed by atoms with van der Waals surface area (Å²) in [5.41, 5.74) is -0.827. The predicted octanol–water partition coefficient (Wildman–Crippen LogP) is 4.77. The van der Waals surface area contributed by atoms with Gasteiger partial charge in [-0.1, -0.05) is 0 Å². The second-order valence-corrected chi connectivity index (χ2v) is 5.58. The van der Waals surface area contributed by atoms with Gasteiger partial charge in [-0.15, -0.1) is 10.2 Å². The molecule has 0 saturated heterocycles. The van der Waals surface area contributed by atoms with Crippen LogP contribution in [-0.2, 0) is 6.18 Å². The summed E-state index contributed by atoms with van der Waals surface area (Å²) in [4.78, 5) is 12.1. The van der Waals surface area contributed by atoms with Gasteiger partial charge in [-0.25, -0.2) is 8.78 Å². The zero-order valence-electron chi connectivity index (χ0n) is 13.9. The molecule has 2 aromatic carbocycles. The number of hydrogen-bond donors (Lipinski definition) is 2. The third-order valence-corrected chi connectivity index (χ3v) is 3.56. The van der Waals surface area contributed by atoms with E-state index in [4.69, 9.17) is 0 Å². The lowest BCUT2D eigenvalue weighted by molar-refractivity contribution is -0.137. The predicted molar refractivity (Wildman–Crippen MR) is 91.1 cm³/mol. The maximum Gasteiger partial charge on any atom is 0.416 e. The molecular formula is C18H11F5N4O. The molecule has 3 aromatic rings. The average molecular weight is 394 g/mol. The van der Waals surface area contributed by atoms with Gasteiger partial charge in [-0.2, -0.15) is 13.2 Å². The van der Waals surface area contributed by atoms with Crippen LogP contribution in [-0.4, -0.2) is 16.1 Å².